The normalized spacial score (nSPS) is 13.8. The number of hydrogen-bond acceptors (Lipinski definition) is 1. The van der Waals surface area contributed by atoms with Crippen molar-refractivity contribution in [3.05, 3.63) is 182 Å². The molecule has 0 fully saturated rings. The van der Waals surface area contributed by atoms with Crippen molar-refractivity contribution >= 4 is 75.1 Å². The van der Waals surface area contributed by atoms with Gasteiger partial charge in [0.05, 0.1) is 31.7 Å². The fraction of sp³-hybridized carbons (Fsp3) is 0. The Bertz CT molecular complexity index is 3530. The van der Waals surface area contributed by atoms with Crippen LogP contribution < -0.4 is 0 Å². The average Bonchev–Trinajstić information content (AvgIpc) is 3.92. The third-order valence-electron chi connectivity index (χ3n) is 9.95. The van der Waals surface area contributed by atoms with E-state index in [9.17, 15) is 4.11 Å². The van der Waals surface area contributed by atoms with Crippen LogP contribution in [0.4, 0.5) is 0 Å². The molecule has 11 rings (SSSR count). The first-order valence-electron chi connectivity index (χ1n) is 20.4. The number of nitrogens with zero attached hydrogens (tertiary/aromatic N) is 2. The smallest absolute Gasteiger partial charge is 0.0645 e. The number of hydrogen-bond donors (Lipinski definition) is 0. The van der Waals surface area contributed by atoms with E-state index in [4.69, 9.17) is 5.48 Å². The van der Waals surface area contributed by atoms with Gasteiger partial charge in [-0.05, 0) is 95.0 Å². The van der Waals surface area contributed by atoms with Gasteiger partial charge in [-0.3, -0.25) is 0 Å². The van der Waals surface area contributed by atoms with Gasteiger partial charge >= 0.3 is 0 Å². The van der Waals surface area contributed by atoms with Crippen molar-refractivity contribution in [2.75, 3.05) is 0 Å². The van der Waals surface area contributed by atoms with Gasteiger partial charge in [0.2, 0.25) is 0 Å². The van der Waals surface area contributed by atoms with Crippen LogP contribution in [-0.4, -0.2) is 9.13 Å². The molecule has 2 nitrogen and oxygen atoms in total. The number of rotatable bonds is 4. The van der Waals surface area contributed by atoms with Crippen LogP contribution in [0.3, 0.4) is 0 Å². The molecule has 0 saturated carbocycles. The standard InChI is InChI=1S/C48H30N2S/c1-3-11-31(12-4-1)34-19-23-38-41-28-33(20-24-44(41)49(46(38)29-34)35-13-5-2-6-14-35)32-21-25-45-40(27-32)37-15-7-9-17-43(37)50(45)36-22-26-48-42(30-36)39-16-8-10-18-47(39)51-48/h1-30H/i7D,9D,15D,17D,21D,25D,27D. The maximum atomic E-state index is 9.84. The van der Waals surface area contributed by atoms with Crippen molar-refractivity contribution in [2.45, 2.75) is 0 Å². The Hall–Kier alpha value is -6.42. The monoisotopic (exact) mass is 673 g/mol. The molecule has 0 spiro atoms. The number of thiophene rings is 1. The summed E-state index contributed by atoms with van der Waals surface area (Å²) in [5, 5.41) is 4.32. The van der Waals surface area contributed by atoms with Gasteiger partial charge in [-0.15, -0.1) is 11.3 Å². The van der Waals surface area contributed by atoms with Gasteiger partial charge in [0, 0.05) is 53.1 Å². The van der Waals surface area contributed by atoms with E-state index in [0.29, 0.717) is 11.3 Å². The molecule has 8 aromatic carbocycles. The van der Waals surface area contributed by atoms with Crippen LogP contribution in [0.2, 0.25) is 0 Å². The summed E-state index contributed by atoms with van der Waals surface area (Å²) in [6, 6.07) is 44.9. The van der Waals surface area contributed by atoms with Crippen LogP contribution in [0.5, 0.6) is 0 Å². The topological polar surface area (TPSA) is 9.86 Å². The van der Waals surface area contributed by atoms with E-state index in [2.05, 4.69) is 59.2 Å². The zero-order chi connectivity index (χ0) is 39.6. The highest BCUT2D eigenvalue weighted by Crippen LogP contribution is 2.41. The lowest BCUT2D eigenvalue weighted by Crippen LogP contribution is -1.93. The lowest BCUT2D eigenvalue weighted by atomic mass is 9.99. The minimum absolute atomic E-state index is 0.0654. The van der Waals surface area contributed by atoms with E-state index in [1.165, 1.54) is 0 Å². The predicted molar refractivity (Wildman–Crippen MR) is 219 cm³/mol. The van der Waals surface area contributed by atoms with Gasteiger partial charge in [0.25, 0.3) is 0 Å². The quantitative estimate of drug-likeness (QED) is 0.176. The molecule has 3 aromatic heterocycles. The first kappa shape index (κ1) is 22.3. The first-order valence-corrected chi connectivity index (χ1v) is 17.7. The Labute approximate surface area is 308 Å². The van der Waals surface area contributed by atoms with Gasteiger partial charge in [0.15, 0.2) is 0 Å². The van der Waals surface area contributed by atoms with E-state index in [0.717, 1.165) is 58.8 Å². The van der Waals surface area contributed by atoms with Crippen molar-refractivity contribution in [3.63, 3.8) is 0 Å². The highest BCUT2D eigenvalue weighted by molar-refractivity contribution is 7.25. The molecule has 0 aliphatic rings. The fourth-order valence-electron chi connectivity index (χ4n) is 7.61. The van der Waals surface area contributed by atoms with Crippen LogP contribution in [0.25, 0.3) is 97.4 Å². The van der Waals surface area contributed by atoms with Crippen molar-refractivity contribution in [3.8, 4) is 33.6 Å². The number of aromatic nitrogens is 2. The molecule has 3 heteroatoms. The van der Waals surface area contributed by atoms with Crippen LogP contribution >= 0.6 is 11.3 Å². The average molecular weight is 674 g/mol. The summed E-state index contributed by atoms with van der Waals surface area (Å²) >= 11 is 1.66. The Kier molecular flexibility index (Phi) is 4.84. The molecule has 0 atom stereocenters. The molecular weight excluding hydrogens is 637 g/mol. The zero-order valence-corrected chi connectivity index (χ0v) is 27.9. The molecule has 0 saturated heterocycles. The first-order chi connectivity index (χ1) is 28.2. The Morgan fingerprint density at radius 3 is 2.00 bits per heavy atom. The van der Waals surface area contributed by atoms with Gasteiger partial charge < -0.3 is 9.13 Å². The fourth-order valence-corrected chi connectivity index (χ4v) is 8.70. The molecule has 0 radical (unpaired) electrons. The Morgan fingerprint density at radius 1 is 0.373 bits per heavy atom. The molecule has 11 aromatic rings. The minimum atomic E-state index is -0.414. The predicted octanol–water partition coefficient (Wildman–Crippen LogP) is 13.6. The van der Waals surface area contributed by atoms with E-state index in [1.54, 1.807) is 15.9 Å². The highest BCUT2D eigenvalue weighted by atomic mass is 32.1. The van der Waals surface area contributed by atoms with Crippen LogP contribution in [0.15, 0.2) is 182 Å². The van der Waals surface area contributed by atoms with E-state index in [1.807, 2.05) is 84.9 Å². The molecule has 0 unspecified atom stereocenters. The zero-order valence-electron chi connectivity index (χ0n) is 34.1. The number of benzene rings is 8. The van der Waals surface area contributed by atoms with E-state index >= 15 is 0 Å². The maximum absolute atomic E-state index is 9.84. The van der Waals surface area contributed by atoms with Crippen LogP contribution in [0.1, 0.15) is 9.60 Å². The summed E-state index contributed by atoms with van der Waals surface area (Å²) in [6.45, 7) is 0. The molecule has 51 heavy (non-hydrogen) atoms. The second-order valence-electron chi connectivity index (χ2n) is 12.8. The molecule has 0 aliphatic heterocycles. The molecule has 0 N–H and O–H groups in total. The summed E-state index contributed by atoms with van der Waals surface area (Å²) in [7, 11) is 0. The maximum Gasteiger partial charge on any atom is 0.0645 e. The minimum Gasteiger partial charge on any atom is -0.309 e. The Morgan fingerprint density at radius 2 is 1.10 bits per heavy atom. The van der Waals surface area contributed by atoms with Crippen molar-refractivity contribution in [1.29, 1.82) is 0 Å². The molecule has 0 amide bonds. The largest absolute Gasteiger partial charge is 0.309 e. The van der Waals surface area contributed by atoms with Gasteiger partial charge in [0.1, 0.15) is 0 Å². The lowest BCUT2D eigenvalue weighted by molar-refractivity contribution is 1.18. The molecule has 3 heterocycles. The molecular formula is C48H30N2S. The SMILES string of the molecule is [2H]c1c([2H])c([2H])c2c(c1[2H])c1c([2H])c(-c3ccc4c(c3)c3ccc(-c5ccccc5)cc3n4-c3ccccc3)c([2H])c([2H])c1n2-c1ccc2sc3ccccc3c2c1. The van der Waals surface area contributed by atoms with Gasteiger partial charge in [-0.2, -0.15) is 0 Å². The Balaban J connectivity index is 1.21. The second-order valence-corrected chi connectivity index (χ2v) is 13.9. The summed E-state index contributed by atoms with van der Waals surface area (Å²) in [4.78, 5) is 0. The molecule has 0 aliphatic carbocycles. The summed E-state index contributed by atoms with van der Waals surface area (Å²) in [5.74, 6) is 0. The van der Waals surface area contributed by atoms with Crippen LogP contribution in [-0.2, 0) is 0 Å². The summed E-state index contributed by atoms with van der Waals surface area (Å²) in [5.41, 5.74) is 6.89. The van der Waals surface area contributed by atoms with E-state index < -0.39 is 12.1 Å². The van der Waals surface area contributed by atoms with Crippen LogP contribution in [0, 0.1) is 0 Å². The third-order valence-corrected chi connectivity index (χ3v) is 11.1. The van der Waals surface area contributed by atoms with Gasteiger partial charge in [-0.25, -0.2) is 0 Å². The lowest BCUT2D eigenvalue weighted by Gasteiger charge is -2.10. The number of para-hydroxylation sites is 2. The third kappa shape index (κ3) is 4.35. The summed E-state index contributed by atoms with van der Waals surface area (Å²) < 4.78 is 70.7. The molecule has 0 bridgehead atoms. The number of fused-ring (bicyclic) bond motifs is 9. The summed E-state index contributed by atoms with van der Waals surface area (Å²) in [6.07, 6.45) is 0. The molecule has 238 valence electrons. The van der Waals surface area contributed by atoms with Crippen molar-refractivity contribution < 1.29 is 9.60 Å². The van der Waals surface area contributed by atoms with E-state index in [-0.39, 0.29) is 57.6 Å². The second kappa shape index (κ2) is 11.0. The van der Waals surface area contributed by atoms with Gasteiger partial charge in [-0.1, -0.05) is 109 Å². The highest BCUT2D eigenvalue weighted by Gasteiger charge is 2.17. The van der Waals surface area contributed by atoms with Crippen molar-refractivity contribution in [1.82, 2.24) is 9.13 Å². The van der Waals surface area contributed by atoms with Crippen molar-refractivity contribution in [2.24, 2.45) is 0 Å².